The van der Waals surface area contributed by atoms with E-state index in [-0.39, 0.29) is 10.8 Å². The first-order valence-electron chi connectivity index (χ1n) is 7.46. The van der Waals surface area contributed by atoms with Gasteiger partial charge in [-0.2, -0.15) is 0 Å². The molecular weight excluding hydrogens is 256 g/mol. The van der Waals surface area contributed by atoms with Gasteiger partial charge in [-0.15, -0.1) is 11.6 Å². The van der Waals surface area contributed by atoms with Gasteiger partial charge in [-0.3, -0.25) is 0 Å². The summed E-state index contributed by atoms with van der Waals surface area (Å²) in [4.78, 5) is 0. The zero-order valence-electron chi connectivity index (χ0n) is 11.7. The standard InChI is InChI=1S/C17H21ClO/c1-17(2)9-19-15-4-3-10(8-14(15)17)16(18)13-6-11-5-12(11)7-13/h3-4,8,11-13,16H,5-7,9H2,1-2H3. The van der Waals surface area contributed by atoms with Crippen LogP contribution in [-0.2, 0) is 5.41 Å². The average molecular weight is 277 g/mol. The molecule has 0 N–H and O–H groups in total. The summed E-state index contributed by atoms with van der Waals surface area (Å²) in [7, 11) is 0. The second-order valence-electron chi connectivity index (χ2n) is 7.32. The van der Waals surface area contributed by atoms with Gasteiger partial charge >= 0.3 is 0 Å². The second-order valence-corrected chi connectivity index (χ2v) is 7.79. The lowest BCUT2D eigenvalue weighted by atomic mass is 9.84. The summed E-state index contributed by atoms with van der Waals surface area (Å²) < 4.78 is 5.75. The Morgan fingerprint density at radius 3 is 2.68 bits per heavy atom. The van der Waals surface area contributed by atoms with E-state index >= 15 is 0 Å². The van der Waals surface area contributed by atoms with Crippen LogP contribution < -0.4 is 4.74 Å². The van der Waals surface area contributed by atoms with Crippen LogP contribution in [0.5, 0.6) is 5.75 Å². The number of benzene rings is 1. The molecule has 1 aliphatic heterocycles. The fourth-order valence-electron chi connectivity index (χ4n) is 3.98. The summed E-state index contributed by atoms with van der Waals surface area (Å²) in [6.45, 7) is 5.28. The van der Waals surface area contributed by atoms with Gasteiger partial charge in [0.1, 0.15) is 5.75 Å². The van der Waals surface area contributed by atoms with Crippen LogP contribution in [-0.4, -0.2) is 6.61 Å². The fraction of sp³-hybridized carbons (Fsp3) is 0.647. The predicted octanol–water partition coefficient (Wildman–Crippen LogP) is 4.68. The molecule has 4 rings (SSSR count). The third-order valence-electron chi connectivity index (χ3n) is 5.33. The van der Waals surface area contributed by atoms with Crippen LogP contribution in [0.3, 0.4) is 0 Å². The summed E-state index contributed by atoms with van der Waals surface area (Å²) in [6.07, 6.45) is 4.15. The van der Waals surface area contributed by atoms with E-state index in [1.165, 1.54) is 30.4 Å². The number of ether oxygens (including phenoxy) is 1. The number of hydrogen-bond donors (Lipinski definition) is 0. The van der Waals surface area contributed by atoms with Gasteiger partial charge in [0.15, 0.2) is 0 Å². The first kappa shape index (κ1) is 12.1. The molecule has 0 aromatic heterocycles. The van der Waals surface area contributed by atoms with E-state index in [1.807, 2.05) is 0 Å². The maximum atomic E-state index is 6.75. The lowest BCUT2D eigenvalue weighted by Gasteiger charge is -2.21. The van der Waals surface area contributed by atoms with Gasteiger partial charge in [0.2, 0.25) is 0 Å². The first-order valence-corrected chi connectivity index (χ1v) is 7.89. The zero-order chi connectivity index (χ0) is 13.2. The van der Waals surface area contributed by atoms with Crippen molar-refractivity contribution in [3.05, 3.63) is 29.3 Å². The summed E-state index contributed by atoms with van der Waals surface area (Å²) in [5, 5.41) is 0.189. The third kappa shape index (κ3) is 1.89. The minimum atomic E-state index is 0.125. The molecule has 2 saturated carbocycles. The van der Waals surface area contributed by atoms with Crippen LogP contribution in [0.4, 0.5) is 0 Å². The van der Waals surface area contributed by atoms with Crippen molar-refractivity contribution >= 4 is 11.6 Å². The Balaban J connectivity index is 1.61. The Hall–Kier alpha value is -0.690. The summed E-state index contributed by atoms with van der Waals surface area (Å²) in [5.41, 5.74) is 2.75. The monoisotopic (exact) mass is 276 g/mol. The maximum Gasteiger partial charge on any atom is 0.123 e. The molecule has 2 aliphatic carbocycles. The van der Waals surface area contributed by atoms with Crippen LogP contribution in [0.2, 0.25) is 0 Å². The van der Waals surface area contributed by atoms with Gasteiger partial charge in [-0.1, -0.05) is 19.9 Å². The molecule has 3 unspecified atom stereocenters. The van der Waals surface area contributed by atoms with Crippen molar-refractivity contribution in [2.24, 2.45) is 17.8 Å². The molecule has 0 spiro atoms. The molecule has 1 aromatic carbocycles. The van der Waals surface area contributed by atoms with Crippen LogP contribution >= 0.6 is 11.6 Å². The minimum Gasteiger partial charge on any atom is -0.492 e. The smallest absolute Gasteiger partial charge is 0.123 e. The molecule has 1 heterocycles. The molecule has 2 fully saturated rings. The molecular formula is C17H21ClO. The summed E-state index contributed by atoms with van der Waals surface area (Å²) >= 11 is 6.75. The highest BCUT2D eigenvalue weighted by atomic mass is 35.5. The van der Waals surface area contributed by atoms with Gasteiger partial charge in [-0.05, 0) is 54.7 Å². The Kier molecular flexibility index (Phi) is 2.49. The van der Waals surface area contributed by atoms with Crippen LogP contribution in [0.1, 0.15) is 49.6 Å². The van der Waals surface area contributed by atoms with Crippen molar-refractivity contribution < 1.29 is 4.74 Å². The van der Waals surface area contributed by atoms with Crippen LogP contribution in [0.25, 0.3) is 0 Å². The normalized spacial score (nSPS) is 35.4. The molecule has 19 heavy (non-hydrogen) atoms. The number of hydrogen-bond acceptors (Lipinski definition) is 1. The molecule has 0 amide bonds. The quantitative estimate of drug-likeness (QED) is 0.713. The fourth-order valence-corrected chi connectivity index (χ4v) is 4.32. The first-order chi connectivity index (χ1) is 9.04. The lowest BCUT2D eigenvalue weighted by Crippen LogP contribution is -2.18. The van der Waals surface area contributed by atoms with Gasteiger partial charge in [-0.25, -0.2) is 0 Å². The molecule has 3 aliphatic rings. The second kappa shape index (κ2) is 3.91. The number of halogens is 1. The van der Waals surface area contributed by atoms with E-state index in [1.54, 1.807) is 0 Å². The molecule has 0 radical (unpaired) electrons. The average Bonchev–Trinajstić information content (AvgIpc) is 2.88. The molecule has 2 heteroatoms. The maximum absolute atomic E-state index is 6.75. The van der Waals surface area contributed by atoms with Crippen molar-refractivity contribution in [1.29, 1.82) is 0 Å². The van der Waals surface area contributed by atoms with Gasteiger partial charge in [0.25, 0.3) is 0 Å². The van der Waals surface area contributed by atoms with Crippen LogP contribution in [0.15, 0.2) is 18.2 Å². The van der Waals surface area contributed by atoms with E-state index in [2.05, 4.69) is 32.0 Å². The highest BCUT2D eigenvalue weighted by Crippen LogP contribution is 2.58. The number of alkyl halides is 1. The highest BCUT2D eigenvalue weighted by molar-refractivity contribution is 6.21. The molecule has 102 valence electrons. The molecule has 0 bridgehead atoms. The number of rotatable bonds is 2. The molecule has 3 atom stereocenters. The van der Waals surface area contributed by atoms with Gasteiger partial charge in [0.05, 0.1) is 12.0 Å². The van der Waals surface area contributed by atoms with E-state index < -0.39 is 0 Å². The molecule has 1 nitrogen and oxygen atoms in total. The Morgan fingerprint density at radius 2 is 1.95 bits per heavy atom. The Bertz CT molecular complexity index is 512. The highest BCUT2D eigenvalue weighted by Gasteiger charge is 2.48. The Morgan fingerprint density at radius 1 is 1.21 bits per heavy atom. The summed E-state index contributed by atoms with van der Waals surface area (Å²) in [6, 6.07) is 6.58. The van der Waals surface area contributed by atoms with Crippen molar-refractivity contribution in [3.8, 4) is 5.75 Å². The summed E-state index contributed by atoms with van der Waals surface area (Å²) in [5.74, 6) is 3.74. The topological polar surface area (TPSA) is 9.23 Å². The Labute approximate surface area is 120 Å². The van der Waals surface area contributed by atoms with Crippen molar-refractivity contribution in [1.82, 2.24) is 0 Å². The van der Waals surface area contributed by atoms with Gasteiger partial charge < -0.3 is 4.74 Å². The van der Waals surface area contributed by atoms with Crippen molar-refractivity contribution in [2.45, 2.75) is 43.9 Å². The molecule has 1 aromatic rings. The van der Waals surface area contributed by atoms with Crippen LogP contribution in [0, 0.1) is 17.8 Å². The van der Waals surface area contributed by atoms with Crippen molar-refractivity contribution in [2.75, 3.05) is 6.61 Å². The van der Waals surface area contributed by atoms with E-state index in [9.17, 15) is 0 Å². The minimum absolute atomic E-state index is 0.125. The van der Waals surface area contributed by atoms with E-state index in [0.29, 0.717) is 5.92 Å². The number of fused-ring (bicyclic) bond motifs is 2. The SMILES string of the molecule is CC1(C)COc2ccc(C(Cl)C3CC4CC4C3)cc21. The third-order valence-corrected chi connectivity index (χ3v) is 5.94. The zero-order valence-corrected chi connectivity index (χ0v) is 12.4. The van der Waals surface area contributed by atoms with E-state index in [4.69, 9.17) is 16.3 Å². The van der Waals surface area contributed by atoms with Gasteiger partial charge in [0, 0.05) is 11.0 Å². The van der Waals surface area contributed by atoms with Crippen molar-refractivity contribution in [3.63, 3.8) is 0 Å². The lowest BCUT2D eigenvalue weighted by molar-refractivity contribution is 0.291. The molecule has 0 saturated heterocycles. The van der Waals surface area contributed by atoms with E-state index in [0.717, 1.165) is 24.2 Å². The predicted molar refractivity (Wildman–Crippen MR) is 77.9 cm³/mol. The largest absolute Gasteiger partial charge is 0.492 e.